The molecule has 0 aliphatic rings. The van der Waals surface area contributed by atoms with Gasteiger partial charge in [0.2, 0.25) is 0 Å². The summed E-state index contributed by atoms with van der Waals surface area (Å²) in [6.07, 6.45) is 3.13. The minimum atomic E-state index is 0.511. The van der Waals surface area contributed by atoms with Crippen molar-refractivity contribution in [2.24, 2.45) is 0 Å². The number of hydrogen-bond donors (Lipinski definition) is 1. The van der Waals surface area contributed by atoms with E-state index in [2.05, 4.69) is 62.0 Å². The molecule has 1 aromatic heterocycles. The Morgan fingerprint density at radius 2 is 1.94 bits per heavy atom. The molecule has 0 amide bonds. The Bertz CT molecular complexity index is 332. The first kappa shape index (κ1) is 15.0. The quantitative estimate of drug-likeness (QED) is 0.804. The van der Waals surface area contributed by atoms with E-state index in [4.69, 9.17) is 0 Å². The number of hydrogen-bond acceptors (Lipinski definition) is 3. The molecule has 1 aromatic rings. The molecule has 0 radical (unpaired) electrons. The topological polar surface area (TPSA) is 28.2 Å². The first-order valence-electron chi connectivity index (χ1n) is 7.03. The molecule has 1 rings (SSSR count). The highest BCUT2D eigenvalue weighted by atomic mass is 15.2. The van der Waals surface area contributed by atoms with E-state index in [1.165, 1.54) is 5.56 Å². The van der Waals surface area contributed by atoms with Crippen molar-refractivity contribution in [3.63, 3.8) is 0 Å². The molecule has 0 fully saturated rings. The van der Waals surface area contributed by atoms with Gasteiger partial charge in [-0.3, -0.25) is 0 Å². The van der Waals surface area contributed by atoms with Crippen molar-refractivity contribution in [3.05, 3.63) is 23.9 Å². The molecule has 0 bridgehead atoms. The van der Waals surface area contributed by atoms with E-state index in [-0.39, 0.29) is 0 Å². The van der Waals surface area contributed by atoms with Crippen molar-refractivity contribution < 1.29 is 0 Å². The molecule has 3 nitrogen and oxygen atoms in total. The highest BCUT2D eigenvalue weighted by molar-refractivity contribution is 5.40. The lowest BCUT2D eigenvalue weighted by atomic mass is 10.2. The van der Waals surface area contributed by atoms with Gasteiger partial charge in [0, 0.05) is 31.4 Å². The van der Waals surface area contributed by atoms with E-state index in [1.807, 2.05) is 6.20 Å². The SMILES string of the molecule is CCC(C)N(CC)c1ccc(CNC(C)C)cn1. The molecule has 1 unspecified atom stereocenters. The van der Waals surface area contributed by atoms with Crippen LogP contribution in [0.1, 0.15) is 46.6 Å². The summed E-state index contributed by atoms with van der Waals surface area (Å²) in [4.78, 5) is 6.93. The maximum atomic E-state index is 4.58. The molecule has 0 aromatic carbocycles. The largest absolute Gasteiger partial charge is 0.354 e. The van der Waals surface area contributed by atoms with Gasteiger partial charge >= 0.3 is 0 Å². The minimum Gasteiger partial charge on any atom is -0.354 e. The van der Waals surface area contributed by atoms with Crippen LogP contribution in [0.15, 0.2) is 18.3 Å². The van der Waals surface area contributed by atoms with Crippen molar-refractivity contribution in [2.45, 2.75) is 59.7 Å². The van der Waals surface area contributed by atoms with E-state index in [1.54, 1.807) is 0 Å². The van der Waals surface area contributed by atoms with Gasteiger partial charge < -0.3 is 10.2 Å². The number of aromatic nitrogens is 1. The molecule has 0 aliphatic carbocycles. The molecule has 1 N–H and O–H groups in total. The fourth-order valence-electron chi connectivity index (χ4n) is 1.93. The average Bonchev–Trinajstić information content (AvgIpc) is 2.38. The third-order valence-corrected chi connectivity index (χ3v) is 3.28. The van der Waals surface area contributed by atoms with E-state index in [9.17, 15) is 0 Å². The van der Waals surface area contributed by atoms with Crippen LogP contribution in [0.4, 0.5) is 5.82 Å². The number of nitrogens with zero attached hydrogens (tertiary/aromatic N) is 2. The van der Waals surface area contributed by atoms with Crippen LogP contribution in [-0.2, 0) is 6.54 Å². The Morgan fingerprint density at radius 1 is 1.22 bits per heavy atom. The van der Waals surface area contributed by atoms with Gasteiger partial charge in [0.05, 0.1) is 0 Å². The van der Waals surface area contributed by atoms with Crippen LogP contribution in [0.25, 0.3) is 0 Å². The van der Waals surface area contributed by atoms with Crippen molar-refractivity contribution in [2.75, 3.05) is 11.4 Å². The lowest BCUT2D eigenvalue weighted by molar-refractivity contribution is 0.587. The van der Waals surface area contributed by atoms with Gasteiger partial charge in [0.15, 0.2) is 0 Å². The predicted octanol–water partition coefficient (Wildman–Crippen LogP) is 3.20. The molecule has 0 aliphatic heterocycles. The summed E-state index contributed by atoms with van der Waals surface area (Å²) in [6.45, 7) is 12.9. The lowest BCUT2D eigenvalue weighted by Crippen LogP contribution is -2.33. The summed E-state index contributed by atoms with van der Waals surface area (Å²) in [5.41, 5.74) is 1.24. The summed E-state index contributed by atoms with van der Waals surface area (Å²) in [7, 11) is 0. The second kappa shape index (κ2) is 7.37. The van der Waals surface area contributed by atoms with Crippen LogP contribution in [0.2, 0.25) is 0 Å². The molecule has 0 saturated heterocycles. The maximum absolute atomic E-state index is 4.58. The van der Waals surface area contributed by atoms with Gasteiger partial charge in [0.1, 0.15) is 5.82 Å². The monoisotopic (exact) mass is 249 g/mol. The zero-order chi connectivity index (χ0) is 13.5. The third kappa shape index (κ3) is 4.30. The molecule has 18 heavy (non-hydrogen) atoms. The zero-order valence-corrected chi connectivity index (χ0v) is 12.4. The van der Waals surface area contributed by atoms with Crippen molar-refractivity contribution in [1.29, 1.82) is 0 Å². The smallest absolute Gasteiger partial charge is 0.128 e. The van der Waals surface area contributed by atoms with Crippen LogP contribution < -0.4 is 10.2 Å². The normalized spacial score (nSPS) is 12.8. The molecule has 0 spiro atoms. The van der Waals surface area contributed by atoms with Crippen molar-refractivity contribution in [1.82, 2.24) is 10.3 Å². The van der Waals surface area contributed by atoms with Gasteiger partial charge in [-0.25, -0.2) is 4.98 Å². The Hall–Kier alpha value is -1.09. The van der Waals surface area contributed by atoms with Gasteiger partial charge in [-0.15, -0.1) is 0 Å². The number of nitrogens with one attached hydrogen (secondary N) is 1. The third-order valence-electron chi connectivity index (χ3n) is 3.28. The standard InChI is InChI=1S/C15H27N3/c1-6-13(5)18(7-2)15-9-8-14(11-17-15)10-16-12(3)4/h8-9,11-13,16H,6-7,10H2,1-5H3. The van der Waals surface area contributed by atoms with Crippen LogP contribution in [0.3, 0.4) is 0 Å². The zero-order valence-electron chi connectivity index (χ0n) is 12.4. The van der Waals surface area contributed by atoms with E-state index in [0.29, 0.717) is 12.1 Å². The van der Waals surface area contributed by atoms with Gasteiger partial charge in [-0.05, 0) is 31.9 Å². The van der Waals surface area contributed by atoms with Gasteiger partial charge in [-0.2, -0.15) is 0 Å². The molecular formula is C15H27N3. The Kier molecular flexibility index (Phi) is 6.13. The van der Waals surface area contributed by atoms with Crippen LogP contribution in [-0.4, -0.2) is 23.6 Å². The van der Waals surface area contributed by atoms with Crippen molar-refractivity contribution >= 4 is 5.82 Å². The summed E-state index contributed by atoms with van der Waals surface area (Å²) in [5, 5.41) is 3.40. The fraction of sp³-hybridized carbons (Fsp3) is 0.667. The number of anilines is 1. The first-order chi connectivity index (χ1) is 8.58. The summed E-state index contributed by atoms with van der Waals surface area (Å²) >= 11 is 0. The lowest BCUT2D eigenvalue weighted by Gasteiger charge is -2.28. The van der Waals surface area contributed by atoms with Crippen LogP contribution in [0, 0.1) is 0 Å². The highest BCUT2D eigenvalue weighted by Crippen LogP contribution is 2.15. The van der Waals surface area contributed by atoms with Crippen LogP contribution >= 0.6 is 0 Å². The Labute approximate surface area is 112 Å². The Morgan fingerprint density at radius 3 is 2.39 bits per heavy atom. The van der Waals surface area contributed by atoms with E-state index in [0.717, 1.165) is 25.3 Å². The summed E-state index contributed by atoms with van der Waals surface area (Å²) in [6, 6.07) is 5.36. The average molecular weight is 249 g/mol. The number of pyridine rings is 1. The van der Waals surface area contributed by atoms with Crippen LogP contribution in [0.5, 0.6) is 0 Å². The van der Waals surface area contributed by atoms with E-state index < -0.39 is 0 Å². The molecular weight excluding hydrogens is 222 g/mol. The second-order valence-electron chi connectivity index (χ2n) is 5.10. The molecule has 1 atom stereocenters. The maximum Gasteiger partial charge on any atom is 0.128 e. The first-order valence-corrected chi connectivity index (χ1v) is 7.03. The highest BCUT2D eigenvalue weighted by Gasteiger charge is 2.11. The summed E-state index contributed by atoms with van der Waals surface area (Å²) in [5.74, 6) is 1.08. The molecule has 1 heterocycles. The predicted molar refractivity (Wildman–Crippen MR) is 79.0 cm³/mol. The number of rotatable bonds is 7. The molecule has 102 valence electrons. The van der Waals surface area contributed by atoms with Gasteiger partial charge in [-0.1, -0.05) is 26.8 Å². The summed E-state index contributed by atoms with van der Waals surface area (Å²) < 4.78 is 0. The molecule has 3 heteroatoms. The fourth-order valence-corrected chi connectivity index (χ4v) is 1.93. The minimum absolute atomic E-state index is 0.511. The van der Waals surface area contributed by atoms with Gasteiger partial charge in [0.25, 0.3) is 0 Å². The second-order valence-corrected chi connectivity index (χ2v) is 5.10. The molecule has 0 saturated carbocycles. The van der Waals surface area contributed by atoms with Crippen molar-refractivity contribution in [3.8, 4) is 0 Å². The Balaban J connectivity index is 2.68. The van der Waals surface area contributed by atoms with E-state index >= 15 is 0 Å².